The van der Waals surface area contributed by atoms with Gasteiger partial charge in [-0.05, 0) is 37.3 Å². The molecule has 0 N–H and O–H groups in total. The van der Waals surface area contributed by atoms with Crippen molar-refractivity contribution in [3.8, 4) is 0 Å². The lowest BCUT2D eigenvalue weighted by molar-refractivity contribution is 0.0989. The number of hydrogen-bond acceptors (Lipinski definition) is 2. The number of rotatable bonds is 3. The van der Waals surface area contributed by atoms with Crippen LogP contribution in [0.1, 0.15) is 22.8 Å². The lowest BCUT2D eigenvalue weighted by Gasteiger charge is -2.35. The Labute approximate surface area is 146 Å². The van der Waals surface area contributed by atoms with E-state index in [1.807, 2.05) is 71.6 Å². The topological polar surface area (TPSA) is 20.3 Å². The number of carbonyl (C=O) groups is 1. The maximum Gasteiger partial charge on any atom is 0.260 e. The first-order valence-corrected chi connectivity index (χ1v) is 8.75. The quantitative estimate of drug-likeness (QED) is 0.648. The molecule has 24 heavy (non-hydrogen) atoms. The molecule has 0 aromatic heterocycles. The second-order valence-corrected chi connectivity index (χ2v) is 7.39. The summed E-state index contributed by atoms with van der Waals surface area (Å²) in [7, 11) is 0. The predicted octanol–water partition coefficient (Wildman–Crippen LogP) is 5.31. The van der Waals surface area contributed by atoms with Crippen molar-refractivity contribution in [1.29, 1.82) is 0 Å². The molecule has 0 aliphatic carbocycles. The lowest BCUT2D eigenvalue weighted by atomic mass is 10.1. The highest BCUT2D eigenvalue weighted by atomic mass is 32.2. The average molecular weight is 331 g/mol. The first-order valence-electron chi connectivity index (χ1n) is 7.93. The van der Waals surface area contributed by atoms with E-state index in [2.05, 4.69) is 25.1 Å². The maximum atomic E-state index is 13.1. The summed E-state index contributed by atoms with van der Waals surface area (Å²) in [6.45, 7) is 2.13. The number of hydrogen-bond donors (Lipinski definition) is 0. The number of thioether (sulfide) groups is 1. The van der Waals surface area contributed by atoms with Crippen LogP contribution in [0.4, 0.5) is 5.69 Å². The van der Waals surface area contributed by atoms with Crippen molar-refractivity contribution in [3.63, 3.8) is 0 Å². The number of carbonyl (C=O) groups excluding carboxylic acids is 1. The van der Waals surface area contributed by atoms with Crippen molar-refractivity contribution in [3.05, 3.63) is 96.1 Å². The molecule has 1 aliphatic rings. The summed E-state index contributed by atoms with van der Waals surface area (Å²) in [4.78, 5) is 15.7. The number of nitrogens with zero attached hydrogens (tertiary/aromatic N) is 1. The Balaban J connectivity index is 1.87. The fourth-order valence-corrected chi connectivity index (χ4v) is 4.59. The van der Waals surface area contributed by atoms with Crippen molar-refractivity contribution in [2.45, 2.75) is 16.7 Å². The molecular formula is C21H17NOS. The van der Waals surface area contributed by atoms with Crippen LogP contribution in [0.5, 0.6) is 0 Å². The predicted molar refractivity (Wildman–Crippen MR) is 99.3 cm³/mol. The van der Waals surface area contributed by atoms with Crippen LogP contribution in [0.3, 0.4) is 0 Å². The van der Waals surface area contributed by atoms with Crippen LogP contribution in [0.15, 0.2) is 89.8 Å². The van der Waals surface area contributed by atoms with E-state index in [1.54, 1.807) is 11.8 Å². The molecule has 0 saturated heterocycles. The number of amides is 1. The Hall–Kier alpha value is -2.52. The lowest BCUT2D eigenvalue weighted by Crippen LogP contribution is -2.39. The highest BCUT2D eigenvalue weighted by molar-refractivity contribution is 8.00. The zero-order chi connectivity index (χ0) is 16.6. The highest BCUT2D eigenvalue weighted by Gasteiger charge is 2.47. The third-order valence-corrected chi connectivity index (χ3v) is 5.67. The summed E-state index contributed by atoms with van der Waals surface area (Å²) in [6, 6.07) is 28.1. The van der Waals surface area contributed by atoms with Gasteiger partial charge in [0.2, 0.25) is 0 Å². The Kier molecular flexibility index (Phi) is 3.66. The van der Waals surface area contributed by atoms with Crippen molar-refractivity contribution in [1.82, 2.24) is 0 Å². The molecule has 3 aromatic rings. The summed E-state index contributed by atoms with van der Waals surface area (Å²) in [5, 5.41) is 0. The monoisotopic (exact) mass is 331 g/mol. The van der Waals surface area contributed by atoms with Gasteiger partial charge in [0.05, 0.1) is 0 Å². The van der Waals surface area contributed by atoms with Gasteiger partial charge in [0.1, 0.15) is 4.87 Å². The fraction of sp³-hybridized carbons (Fsp3) is 0.0952. The van der Waals surface area contributed by atoms with Crippen LogP contribution in [-0.4, -0.2) is 5.91 Å². The summed E-state index contributed by atoms with van der Waals surface area (Å²) in [6.07, 6.45) is 0. The molecule has 0 fully saturated rings. The summed E-state index contributed by atoms with van der Waals surface area (Å²) in [5.74, 6) is 0.0581. The van der Waals surface area contributed by atoms with Gasteiger partial charge in [0.25, 0.3) is 5.91 Å². The number of para-hydroxylation sites is 1. The van der Waals surface area contributed by atoms with Crippen LogP contribution in [0.2, 0.25) is 0 Å². The van der Waals surface area contributed by atoms with Crippen molar-refractivity contribution >= 4 is 23.4 Å². The maximum absolute atomic E-state index is 13.1. The van der Waals surface area contributed by atoms with Gasteiger partial charge in [-0.25, -0.2) is 0 Å². The van der Waals surface area contributed by atoms with E-state index in [0.29, 0.717) is 0 Å². The molecule has 118 valence electrons. The highest BCUT2D eigenvalue weighted by Crippen LogP contribution is 2.51. The van der Waals surface area contributed by atoms with E-state index in [-0.39, 0.29) is 5.91 Å². The molecular weight excluding hydrogens is 314 g/mol. The van der Waals surface area contributed by atoms with Gasteiger partial charge in [-0.1, -0.05) is 66.4 Å². The second-order valence-electron chi connectivity index (χ2n) is 5.92. The smallest absolute Gasteiger partial charge is 0.260 e. The first kappa shape index (κ1) is 15.0. The third kappa shape index (κ3) is 2.33. The van der Waals surface area contributed by atoms with Crippen LogP contribution in [0.25, 0.3) is 0 Å². The number of fused-ring (bicyclic) bond motifs is 1. The summed E-state index contributed by atoms with van der Waals surface area (Å²) < 4.78 is 0. The molecule has 1 unspecified atom stereocenters. The van der Waals surface area contributed by atoms with Gasteiger partial charge >= 0.3 is 0 Å². The van der Waals surface area contributed by atoms with Gasteiger partial charge < -0.3 is 0 Å². The van der Waals surface area contributed by atoms with Crippen LogP contribution >= 0.6 is 11.8 Å². The summed E-state index contributed by atoms with van der Waals surface area (Å²) in [5.41, 5.74) is 2.77. The minimum atomic E-state index is -0.476. The van der Waals surface area contributed by atoms with Gasteiger partial charge in [-0.2, -0.15) is 0 Å². The molecule has 1 heterocycles. The average Bonchev–Trinajstić information content (AvgIpc) is 2.84. The SMILES string of the molecule is CC1(Sc2ccccc2)c2ccccc2C(=O)N1c1ccccc1. The van der Waals surface area contributed by atoms with E-state index in [1.165, 1.54) is 0 Å². The van der Waals surface area contributed by atoms with Gasteiger partial charge in [0.15, 0.2) is 0 Å². The molecule has 0 spiro atoms. The van der Waals surface area contributed by atoms with Crippen molar-refractivity contribution < 1.29 is 4.79 Å². The third-order valence-electron chi connectivity index (χ3n) is 4.36. The zero-order valence-electron chi connectivity index (χ0n) is 13.3. The molecule has 4 rings (SSSR count). The molecule has 1 aliphatic heterocycles. The van der Waals surface area contributed by atoms with Crippen LogP contribution < -0.4 is 4.90 Å². The van der Waals surface area contributed by atoms with Crippen molar-refractivity contribution in [2.75, 3.05) is 4.90 Å². The second kappa shape index (κ2) is 5.84. The fourth-order valence-electron chi connectivity index (χ4n) is 3.27. The van der Waals surface area contributed by atoms with Gasteiger partial charge in [0, 0.05) is 21.7 Å². The molecule has 2 nitrogen and oxygen atoms in total. The Morgan fingerprint density at radius 2 is 1.38 bits per heavy atom. The van der Waals surface area contributed by atoms with Gasteiger partial charge in [-0.15, -0.1) is 0 Å². The van der Waals surface area contributed by atoms with E-state index >= 15 is 0 Å². The molecule has 3 aromatic carbocycles. The molecule has 1 amide bonds. The molecule has 0 radical (unpaired) electrons. The molecule has 1 atom stereocenters. The van der Waals surface area contributed by atoms with Crippen LogP contribution in [0, 0.1) is 0 Å². The van der Waals surface area contributed by atoms with E-state index in [0.717, 1.165) is 21.7 Å². The first-order chi connectivity index (χ1) is 11.7. The Morgan fingerprint density at radius 3 is 2.08 bits per heavy atom. The standard InChI is InChI=1S/C21H17NOS/c1-21(24-17-12-6-3-7-13-17)19-15-9-8-14-18(19)20(23)22(21)16-10-4-2-5-11-16/h2-15H,1H3. The normalized spacial score (nSPS) is 19.4. The molecule has 0 bridgehead atoms. The minimum absolute atomic E-state index is 0.0581. The van der Waals surface area contributed by atoms with Crippen molar-refractivity contribution in [2.24, 2.45) is 0 Å². The Morgan fingerprint density at radius 1 is 0.792 bits per heavy atom. The van der Waals surface area contributed by atoms with E-state index in [9.17, 15) is 4.79 Å². The van der Waals surface area contributed by atoms with Gasteiger partial charge in [-0.3, -0.25) is 9.69 Å². The zero-order valence-corrected chi connectivity index (χ0v) is 14.2. The molecule has 3 heteroatoms. The largest absolute Gasteiger partial charge is 0.289 e. The van der Waals surface area contributed by atoms with Crippen LogP contribution in [-0.2, 0) is 4.87 Å². The number of benzene rings is 3. The molecule has 0 saturated carbocycles. The van der Waals surface area contributed by atoms with E-state index in [4.69, 9.17) is 0 Å². The number of anilines is 1. The minimum Gasteiger partial charge on any atom is -0.289 e. The summed E-state index contributed by atoms with van der Waals surface area (Å²) >= 11 is 1.71. The van der Waals surface area contributed by atoms with E-state index < -0.39 is 4.87 Å². The Bertz CT molecular complexity index is 879.